The second kappa shape index (κ2) is 5.06. The molecule has 1 atom stereocenters. The fourth-order valence-electron chi connectivity index (χ4n) is 2.49. The fraction of sp³-hybridized carbons (Fsp3) is 0.429. The second-order valence-electron chi connectivity index (χ2n) is 5.36. The average molecular weight is 301 g/mol. The lowest BCUT2D eigenvalue weighted by Crippen LogP contribution is -1.99. The molecule has 1 fully saturated rings. The Morgan fingerprint density at radius 3 is 2.91 bits per heavy atom. The molecule has 0 N–H and O–H groups in total. The van der Waals surface area contributed by atoms with E-state index in [-0.39, 0.29) is 5.92 Å². The normalized spacial score (nSPS) is 18.2. The van der Waals surface area contributed by atoms with Gasteiger partial charge in [-0.05, 0) is 13.3 Å². The molecule has 1 aliphatic rings. The molecule has 0 amide bonds. The van der Waals surface area contributed by atoms with Crippen LogP contribution >= 0.6 is 0 Å². The number of nitrogens with zero attached hydrogens (tertiary/aromatic N) is 5. The number of ether oxygens (including phenoxy) is 1. The van der Waals surface area contributed by atoms with Gasteiger partial charge in [0.1, 0.15) is 0 Å². The molecule has 8 nitrogen and oxygen atoms in total. The van der Waals surface area contributed by atoms with E-state index in [0.29, 0.717) is 29.8 Å². The Morgan fingerprint density at radius 1 is 1.27 bits per heavy atom. The first-order valence-electron chi connectivity index (χ1n) is 7.10. The monoisotopic (exact) mass is 301 g/mol. The van der Waals surface area contributed by atoms with Crippen molar-refractivity contribution in [3.8, 4) is 22.9 Å². The van der Waals surface area contributed by atoms with Crippen LogP contribution in [0.2, 0.25) is 0 Å². The lowest BCUT2D eigenvalue weighted by molar-refractivity contribution is 0.192. The van der Waals surface area contributed by atoms with E-state index in [1.165, 1.54) is 0 Å². The van der Waals surface area contributed by atoms with Gasteiger partial charge in [0.2, 0.25) is 0 Å². The first-order chi connectivity index (χ1) is 10.7. The minimum absolute atomic E-state index is 0.199. The van der Waals surface area contributed by atoms with Crippen LogP contribution in [0.25, 0.3) is 22.9 Å². The van der Waals surface area contributed by atoms with Gasteiger partial charge in [0, 0.05) is 31.3 Å². The van der Waals surface area contributed by atoms with E-state index in [2.05, 4.69) is 20.4 Å². The number of hydrogen-bond acceptors (Lipinski definition) is 7. The van der Waals surface area contributed by atoms with Crippen molar-refractivity contribution < 1.29 is 13.8 Å². The summed E-state index contributed by atoms with van der Waals surface area (Å²) in [6.45, 7) is 3.34. The quantitative estimate of drug-likeness (QED) is 0.729. The summed E-state index contributed by atoms with van der Waals surface area (Å²) in [6, 6.07) is 1.78. The summed E-state index contributed by atoms with van der Waals surface area (Å²) in [5.74, 6) is 1.85. The van der Waals surface area contributed by atoms with Crippen molar-refractivity contribution in [3.05, 3.63) is 23.8 Å². The molecule has 1 saturated heterocycles. The van der Waals surface area contributed by atoms with Crippen molar-refractivity contribution in [1.29, 1.82) is 0 Å². The highest BCUT2D eigenvalue weighted by Crippen LogP contribution is 2.29. The predicted molar refractivity (Wildman–Crippen MR) is 74.9 cm³/mol. The molecule has 0 spiro atoms. The Balaban J connectivity index is 1.62. The van der Waals surface area contributed by atoms with Gasteiger partial charge in [0.25, 0.3) is 5.89 Å². The van der Waals surface area contributed by atoms with Crippen molar-refractivity contribution in [2.45, 2.75) is 19.3 Å². The molecule has 0 aliphatic carbocycles. The van der Waals surface area contributed by atoms with Gasteiger partial charge in [-0.3, -0.25) is 4.68 Å². The van der Waals surface area contributed by atoms with Gasteiger partial charge in [-0.1, -0.05) is 10.3 Å². The molecule has 3 aromatic rings. The van der Waals surface area contributed by atoms with Gasteiger partial charge in [-0.15, -0.1) is 0 Å². The summed E-state index contributed by atoms with van der Waals surface area (Å²) >= 11 is 0. The minimum Gasteiger partial charge on any atom is -0.381 e. The third kappa shape index (κ3) is 2.12. The molecular weight excluding hydrogens is 286 g/mol. The Morgan fingerprint density at radius 2 is 2.18 bits per heavy atom. The van der Waals surface area contributed by atoms with Crippen molar-refractivity contribution in [1.82, 2.24) is 25.1 Å². The van der Waals surface area contributed by atoms with Crippen molar-refractivity contribution in [2.24, 2.45) is 7.05 Å². The number of hydrogen-bond donors (Lipinski definition) is 0. The zero-order valence-corrected chi connectivity index (χ0v) is 12.3. The summed E-state index contributed by atoms with van der Waals surface area (Å²) in [5, 5.41) is 12.2. The molecule has 114 valence electrons. The van der Waals surface area contributed by atoms with Crippen LogP contribution in [0.15, 0.2) is 21.3 Å². The van der Waals surface area contributed by atoms with Gasteiger partial charge < -0.3 is 13.8 Å². The minimum atomic E-state index is 0.199. The zero-order chi connectivity index (χ0) is 15.1. The summed E-state index contributed by atoms with van der Waals surface area (Å²) < 4.78 is 17.8. The fourth-order valence-corrected chi connectivity index (χ4v) is 2.49. The molecule has 22 heavy (non-hydrogen) atoms. The van der Waals surface area contributed by atoms with Gasteiger partial charge in [-0.2, -0.15) is 10.1 Å². The maximum absolute atomic E-state index is 5.38. The Bertz CT molecular complexity index is 797. The van der Waals surface area contributed by atoms with E-state index >= 15 is 0 Å². The largest absolute Gasteiger partial charge is 0.381 e. The van der Waals surface area contributed by atoms with Gasteiger partial charge >= 0.3 is 0 Å². The molecule has 0 saturated carbocycles. The van der Waals surface area contributed by atoms with Crippen LogP contribution < -0.4 is 0 Å². The molecule has 8 heteroatoms. The second-order valence-corrected chi connectivity index (χ2v) is 5.36. The third-order valence-corrected chi connectivity index (χ3v) is 3.97. The highest BCUT2D eigenvalue weighted by Gasteiger charge is 2.24. The average Bonchev–Trinajstić information content (AvgIpc) is 3.25. The van der Waals surface area contributed by atoms with Crippen LogP contribution in [0.5, 0.6) is 0 Å². The third-order valence-electron chi connectivity index (χ3n) is 3.97. The van der Waals surface area contributed by atoms with E-state index in [0.717, 1.165) is 24.3 Å². The molecular formula is C14H15N5O3. The summed E-state index contributed by atoms with van der Waals surface area (Å²) in [7, 11) is 1.88. The molecule has 0 radical (unpaired) electrons. The number of aryl methyl sites for hydroxylation is 1. The molecule has 4 heterocycles. The van der Waals surface area contributed by atoms with Gasteiger partial charge in [0.15, 0.2) is 17.3 Å². The highest BCUT2D eigenvalue weighted by atomic mass is 16.5. The smallest absolute Gasteiger partial charge is 0.280 e. The molecule has 4 rings (SSSR count). The lowest BCUT2D eigenvalue weighted by atomic mass is 10.1. The molecule has 1 aliphatic heterocycles. The summed E-state index contributed by atoms with van der Waals surface area (Å²) in [5.41, 5.74) is 2.41. The van der Waals surface area contributed by atoms with Crippen LogP contribution in [0.4, 0.5) is 0 Å². The molecule has 3 aromatic heterocycles. The number of rotatable bonds is 3. The van der Waals surface area contributed by atoms with E-state index in [4.69, 9.17) is 13.8 Å². The first kappa shape index (κ1) is 13.2. The maximum Gasteiger partial charge on any atom is 0.280 e. The Kier molecular flexibility index (Phi) is 3.04. The molecule has 0 aromatic carbocycles. The van der Waals surface area contributed by atoms with E-state index in [1.54, 1.807) is 16.9 Å². The van der Waals surface area contributed by atoms with Crippen LogP contribution in [-0.2, 0) is 11.8 Å². The Hall–Kier alpha value is -2.48. The van der Waals surface area contributed by atoms with Crippen LogP contribution in [0, 0.1) is 6.92 Å². The van der Waals surface area contributed by atoms with Gasteiger partial charge in [0.05, 0.1) is 18.4 Å². The highest BCUT2D eigenvalue weighted by molar-refractivity contribution is 5.63. The lowest BCUT2D eigenvalue weighted by Gasteiger charge is -1.97. The van der Waals surface area contributed by atoms with Crippen molar-refractivity contribution in [2.75, 3.05) is 13.2 Å². The van der Waals surface area contributed by atoms with Crippen LogP contribution in [0.3, 0.4) is 0 Å². The van der Waals surface area contributed by atoms with E-state index < -0.39 is 0 Å². The van der Waals surface area contributed by atoms with Crippen molar-refractivity contribution in [3.63, 3.8) is 0 Å². The Labute approximate surface area is 126 Å². The number of aromatic nitrogens is 5. The maximum atomic E-state index is 5.38. The van der Waals surface area contributed by atoms with E-state index in [1.807, 2.05) is 14.0 Å². The SMILES string of the molecule is Cc1c(-c2cc(-c3nc([C@H]4CCOC4)no3)no2)cnn1C. The standard InChI is InChI=1S/C14H15N5O3/c1-8-10(6-15-19(8)2)12-5-11(17-21-12)14-16-13(18-22-14)9-3-4-20-7-9/h5-6,9H,3-4,7H2,1-2H3/t9-/m0/s1. The topological polar surface area (TPSA) is 92.0 Å². The zero-order valence-electron chi connectivity index (χ0n) is 12.3. The summed E-state index contributed by atoms with van der Waals surface area (Å²) in [6.07, 6.45) is 2.66. The summed E-state index contributed by atoms with van der Waals surface area (Å²) in [4.78, 5) is 4.40. The first-order valence-corrected chi connectivity index (χ1v) is 7.10. The predicted octanol–water partition coefficient (Wildman–Crippen LogP) is 1.94. The van der Waals surface area contributed by atoms with Gasteiger partial charge in [-0.25, -0.2) is 0 Å². The van der Waals surface area contributed by atoms with Crippen LogP contribution in [-0.4, -0.2) is 38.3 Å². The van der Waals surface area contributed by atoms with Crippen molar-refractivity contribution >= 4 is 0 Å². The molecule has 0 unspecified atom stereocenters. The molecule has 0 bridgehead atoms. The van der Waals surface area contributed by atoms with E-state index in [9.17, 15) is 0 Å². The van der Waals surface area contributed by atoms with Crippen LogP contribution in [0.1, 0.15) is 23.9 Å².